The Bertz CT molecular complexity index is 460. The standard InChI is InChI=1S/C15H26N4O/c1-4-18-10-13(16)14(17-18)15(20)19(9-11(2)3)12-7-5-6-8-12/h10-12H,4-9,16H2,1-3H3. The number of hydrogen-bond acceptors (Lipinski definition) is 3. The summed E-state index contributed by atoms with van der Waals surface area (Å²) in [5.41, 5.74) is 6.86. The maximum atomic E-state index is 12.8. The van der Waals surface area contributed by atoms with Crippen LogP contribution in [0, 0.1) is 5.92 Å². The topological polar surface area (TPSA) is 64.2 Å². The van der Waals surface area contributed by atoms with E-state index in [9.17, 15) is 4.79 Å². The summed E-state index contributed by atoms with van der Waals surface area (Å²) in [6, 6.07) is 0.357. The van der Waals surface area contributed by atoms with Crippen LogP contribution >= 0.6 is 0 Å². The number of carbonyl (C=O) groups excluding carboxylic acids is 1. The van der Waals surface area contributed by atoms with Crippen molar-refractivity contribution in [1.82, 2.24) is 14.7 Å². The smallest absolute Gasteiger partial charge is 0.276 e. The molecule has 0 saturated heterocycles. The minimum absolute atomic E-state index is 0.00435. The highest BCUT2D eigenvalue weighted by atomic mass is 16.2. The number of rotatable bonds is 5. The van der Waals surface area contributed by atoms with Gasteiger partial charge >= 0.3 is 0 Å². The highest BCUT2D eigenvalue weighted by Crippen LogP contribution is 2.26. The van der Waals surface area contributed by atoms with Gasteiger partial charge in [0, 0.05) is 25.3 Å². The van der Waals surface area contributed by atoms with Crippen molar-refractivity contribution in [3.8, 4) is 0 Å². The van der Waals surface area contributed by atoms with Crippen molar-refractivity contribution in [1.29, 1.82) is 0 Å². The lowest BCUT2D eigenvalue weighted by atomic mass is 10.1. The number of anilines is 1. The number of hydrogen-bond donors (Lipinski definition) is 1. The van der Waals surface area contributed by atoms with Crippen LogP contribution in [0.1, 0.15) is 56.9 Å². The van der Waals surface area contributed by atoms with Crippen molar-refractivity contribution in [2.24, 2.45) is 5.92 Å². The van der Waals surface area contributed by atoms with Crippen molar-refractivity contribution in [3.05, 3.63) is 11.9 Å². The summed E-state index contributed by atoms with van der Waals surface area (Å²) < 4.78 is 1.73. The summed E-state index contributed by atoms with van der Waals surface area (Å²) >= 11 is 0. The van der Waals surface area contributed by atoms with Crippen LogP contribution in [0.2, 0.25) is 0 Å². The monoisotopic (exact) mass is 278 g/mol. The van der Waals surface area contributed by atoms with Crippen LogP contribution in [0.15, 0.2) is 6.20 Å². The van der Waals surface area contributed by atoms with E-state index in [1.165, 1.54) is 12.8 Å². The molecule has 112 valence electrons. The Balaban J connectivity index is 2.22. The molecule has 1 aromatic heterocycles. The van der Waals surface area contributed by atoms with E-state index in [-0.39, 0.29) is 5.91 Å². The lowest BCUT2D eigenvalue weighted by molar-refractivity contribution is 0.0649. The Labute approximate surface area is 121 Å². The van der Waals surface area contributed by atoms with Gasteiger partial charge in [-0.3, -0.25) is 9.48 Å². The zero-order chi connectivity index (χ0) is 14.7. The van der Waals surface area contributed by atoms with Gasteiger partial charge in [-0.2, -0.15) is 5.10 Å². The van der Waals surface area contributed by atoms with E-state index in [4.69, 9.17) is 5.73 Å². The highest BCUT2D eigenvalue weighted by molar-refractivity contribution is 5.97. The number of aromatic nitrogens is 2. The average Bonchev–Trinajstić information content (AvgIpc) is 3.04. The molecule has 2 N–H and O–H groups in total. The molecule has 0 atom stereocenters. The van der Waals surface area contributed by atoms with E-state index in [1.54, 1.807) is 10.9 Å². The van der Waals surface area contributed by atoms with Crippen LogP contribution in [0.25, 0.3) is 0 Å². The Kier molecular flexibility index (Phi) is 4.68. The molecule has 2 rings (SSSR count). The van der Waals surface area contributed by atoms with E-state index in [0.717, 1.165) is 25.9 Å². The number of nitrogen functional groups attached to an aromatic ring is 1. The molecule has 0 unspecified atom stereocenters. The van der Waals surface area contributed by atoms with Gasteiger partial charge in [0.05, 0.1) is 5.69 Å². The summed E-state index contributed by atoms with van der Waals surface area (Å²) in [5, 5.41) is 4.33. The van der Waals surface area contributed by atoms with Gasteiger partial charge in [0.25, 0.3) is 5.91 Å². The first-order chi connectivity index (χ1) is 9.52. The van der Waals surface area contributed by atoms with Gasteiger partial charge in [-0.1, -0.05) is 26.7 Å². The van der Waals surface area contributed by atoms with Crippen molar-refractivity contribution in [2.45, 2.75) is 59.0 Å². The predicted molar refractivity (Wildman–Crippen MR) is 80.4 cm³/mol. The summed E-state index contributed by atoms with van der Waals surface area (Å²) in [6.07, 6.45) is 6.38. The van der Waals surface area contributed by atoms with E-state index >= 15 is 0 Å². The van der Waals surface area contributed by atoms with Gasteiger partial charge in [-0.05, 0) is 25.7 Å². The van der Waals surface area contributed by atoms with Crippen LogP contribution < -0.4 is 5.73 Å². The Hall–Kier alpha value is -1.52. The normalized spacial score (nSPS) is 16.0. The van der Waals surface area contributed by atoms with E-state index in [2.05, 4.69) is 18.9 Å². The molecule has 0 radical (unpaired) electrons. The van der Waals surface area contributed by atoms with Crippen LogP contribution in [-0.2, 0) is 6.54 Å². The minimum atomic E-state index is -0.00435. The second-order valence-electron chi connectivity index (χ2n) is 6.08. The third-order valence-electron chi connectivity index (χ3n) is 3.90. The minimum Gasteiger partial charge on any atom is -0.396 e. The Morgan fingerprint density at radius 2 is 2.15 bits per heavy atom. The van der Waals surface area contributed by atoms with E-state index in [0.29, 0.717) is 23.3 Å². The molecule has 0 bridgehead atoms. The van der Waals surface area contributed by atoms with E-state index in [1.807, 2.05) is 11.8 Å². The summed E-state index contributed by atoms with van der Waals surface area (Å²) in [4.78, 5) is 14.8. The first kappa shape index (κ1) is 14.9. The summed E-state index contributed by atoms with van der Waals surface area (Å²) in [7, 11) is 0. The number of amides is 1. The molecule has 0 aliphatic heterocycles. The van der Waals surface area contributed by atoms with Gasteiger partial charge in [0.15, 0.2) is 5.69 Å². The third-order valence-corrected chi connectivity index (χ3v) is 3.90. The maximum absolute atomic E-state index is 12.8. The van der Waals surface area contributed by atoms with Crippen molar-refractivity contribution in [3.63, 3.8) is 0 Å². The lowest BCUT2D eigenvalue weighted by Gasteiger charge is -2.30. The predicted octanol–water partition coefficient (Wildman–Crippen LogP) is 2.53. The molecule has 1 aliphatic carbocycles. The first-order valence-electron chi connectivity index (χ1n) is 7.66. The second kappa shape index (κ2) is 6.29. The largest absolute Gasteiger partial charge is 0.396 e. The summed E-state index contributed by atoms with van der Waals surface area (Å²) in [6.45, 7) is 7.78. The third kappa shape index (κ3) is 3.14. The number of nitrogens with zero attached hydrogens (tertiary/aromatic N) is 3. The fourth-order valence-corrected chi connectivity index (χ4v) is 2.91. The zero-order valence-corrected chi connectivity index (χ0v) is 12.8. The molecule has 0 spiro atoms. The van der Waals surface area contributed by atoms with Crippen molar-refractivity contribution in [2.75, 3.05) is 12.3 Å². The highest BCUT2D eigenvalue weighted by Gasteiger charge is 2.30. The van der Waals surface area contributed by atoms with Crippen LogP contribution in [0.3, 0.4) is 0 Å². The number of carbonyl (C=O) groups is 1. The first-order valence-corrected chi connectivity index (χ1v) is 7.66. The van der Waals surface area contributed by atoms with Gasteiger partial charge in [0.1, 0.15) is 0 Å². The van der Waals surface area contributed by atoms with Crippen LogP contribution in [0.5, 0.6) is 0 Å². The molecule has 1 saturated carbocycles. The molecular weight excluding hydrogens is 252 g/mol. The van der Waals surface area contributed by atoms with Gasteiger partial charge in [0.2, 0.25) is 0 Å². The zero-order valence-electron chi connectivity index (χ0n) is 12.8. The van der Waals surface area contributed by atoms with Crippen molar-refractivity contribution < 1.29 is 4.79 Å². The Morgan fingerprint density at radius 1 is 1.50 bits per heavy atom. The van der Waals surface area contributed by atoms with Gasteiger partial charge in [-0.25, -0.2) is 0 Å². The van der Waals surface area contributed by atoms with Crippen molar-refractivity contribution >= 4 is 11.6 Å². The lowest BCUT2D eigenvalue weighted by Crippen LogP contribution is -2.41. The molecule has 1 aromatic rings. The number of nitrogens with two attached hydrogens (primary N) is 1. The fraction of sp³-hybridized carbons (Fsp3) is 0.733. The maximum Gasteiger partial charge on any atom is 0.276 e. The molecular formula is C15H26N4O. The molecule has 5 nitrogen and oxygen atoms in total. The Morgan fingerprint density at radius 3 is 2.65 bits per heavy atom. The van der Waals surface area contributed by atoms with Gasteiger partial charge < -0.3 is 10.6 Å². The molecule has 0 aromatic carbocycles. The number of aryl methyl sites for hydroxylation is 1. The van der Waals surface area contributed by atoms with Gasteiger partial charge in [-0.15, -0.1) is 0 Å². The summed E-state index contributed by atoms with van der Waals surface area (Å²) in [5.74, 6) is 0.448. The SMILES string of the molecule is CCn1cc(N)c(C(=O)N(CC(C)C)C2CCCC2)n1. The molecule has 1 amide bonds. The average molecular weight is 278 g/mol. The molecule has 1 fully saturated rings. The van der Waals surface area contributed by atoms with Crippen LogP contribution in [-0.4, -0.2) is 33.2 Å². The molecule has 1 heterocycles. The van der Waals surface area contributed by atoms with Crippen LogP contribution in [0.4, 0.5) is 5.69 Å². The molecule has 1 aliphatic rings. The fourth-order valence-electron chi connectivity index (χ4n) is 2.91. The molecule has 5 heteroatoms. The quantitative estimate of drug-likeness (QED) is 0.900. The van der Waals surface area contributed by atoms with E-state index < -0.39 is 0 Å². The molecule has 20 heavy (non-hydrogen) atoms. The second-order valence-corrected chi connectivity index (χ2v) is 6.08.